The molecule has 4 aromatic carbocycles. The second kappa shape index (κ2) is 6.49. The van der Waals surface area contributed by atoms with Gasteiger partial charge in [0.1, 0.15) is 0 Å². The lowest BCUT2D eigenvalue weighted by Crippen LogP contribution is -1.92. The average Bonchev–Trinajstić information content (AvgIpc) is 3.09. The van der Waals surface area contributed by atoms with Crippen LogP contribution in [-0.2, 0) is 0 Å². The Labute approximate surface area is 162 Å². The van der Waals surface area contributed by atoms with Gasteiger partial charge < -0.3 is 10.3 Å². The first-order valence-corrected chi connectivity index (χ1v) is 9.29. The van der Waals surface area contributed by atoms with E-state index in [2.05, 4.69) is 64.9 Å². The quantitative estimate of drug-likeness (QED) is 0.341. The fourth-order valence-corrected chi connectivity index (χ4v) is 3.74. The molecule has 0 aliphatic heterocycles. The van der Waals surface area contributed by atoms with E-state index >= 15 is 0 Å². The van der Waals surface area contributed by atoms with E-state index in [0.29, 0.717) is 5.02 Å². The summed E-state index contributed by atoms with van der Waals surface area (Å²) in [5.74, 6) is 0. The van der Waals surface area contributed by atoms with E-state index in [1.807, 2.05) is 36.4 Å². The topological polar surface area (TPSA) is 27.8 Å². The van der Waals surface area contributed by atoms with E-state index in [4.69, 9.17) is 11.6 Å². The molecule has 3 heteroatoms. The first-order chi connectivity index (χ1) is 13.3. The summed E-state index contributed by atoms with van der Waals surface area (Å²) < 4.78 is 0. The van der Waals surface area contributed by atoms with E-state index in [9.17, 15) is 0 Å². The minimum atomic E-state index is 0.700. The highest BCUT2D eigenvalue weighted by Crippen LogP contribution is 2.36. The number of aromatic nitrogens is 1. The van der Waals surface area contributed by atoms with Gasteiger partial charge in [-0.25, -0.2) is 0 Å². The molecule has 1 aromatic heterocycles. The zero-order valence-electron chi connectivity index (χ0n) is 14.5. The smallest absolute Gasteiger partial charge is 0.0641 e. The first-order valence-electron chi connectivity index (χ1n) is 8.91. The van der Waals surface area contributed by atoms with Crippen LogP contribution in [-0.4, -0.2) is 4.98 Å². The van der Waals surface area contributed by atoms with Crippen LogP contribution in [0.25, 0.3) is 32.9 Å². The number of aromatic amines is 1. The van der Waals surface area contributed by atoms with Crippen molar-refractivity contribution in [3.63, 3.8) is 0 Å². The Morgan fingerprint density at radius 2 is 1.48 bits per heavy atom. The lowest BCUT2D eigenvalue weighted by Gasteiger charge is -2.11. The minimum Gasteiger partial charge on any atom is -0.354 e. The molecular weight excluding hydrogens is 352 g/mol. The van der Waals surface area contributed by atoms with Crippen LogP contribution < -0.4 is 5.32 Å². The van der Waals surface area contributed by atoms with Gasteiger partial charge in [-0.2, -0.15) is 0 Å². The van der Waals surface area contributed by atoms with Crippen molar-refractivity contribution in [3.8, 4) is 11.1 Å². The highest BCUT2D eigenvalue weighted by Gasteiger charge is 2.11. The van der Waals surface area contributed by atoms with Crippen LogP contribution in [0.4, 0.5) is 11.4 Å². The van der Waals surface area contributed by atoms with Crippen molar-refractivity contribution < 1.29 is 0 Å². The molecule has 27 heavy (non-hydrogen) atoms. The van der Waals surface area contributed by atoms with Gasteiger partial charge in [-0.15, -0.1) is 0 Å². The van der Waals surface area contributed by atoms with Crippen molar-refractivity contribution in [3.05, 3.63) is 96.0 Å². The van der Waals surface area contributed by atoms with E-state index in [1.54, 1.807) is 0 Å². The van der Waals surface area contributed by atoms with Crippen molar-refractivity contribution in [1.29, 1.82) is 0 Å². The van der Waals surface area contributed by atoms with Crippen LogP contribution in [0, 0.1) is 0 Å². The van der Waals surface area contributed by atoms with E-state index in [0.717, 1.165) is 33.5 Å². The number of rotatable bonds is 3. The maximum atomic E-state index is 6.45. The standard InChI is InChI=1S/C24H17ClN2/c25-21-14-13-16(15-23(21)26-17-7-2-1-3-8-17)18-10-6-11-20-19-9-4-5-12-22(19)27-24(18)20/h1-15,26-27H. The van der Waals surface area contributed by atoms with Gasteiger partial charge in [-0.05, 0) is 35.9 Å². The van der Waals surface area contributed by atoms with Gasteiger partial charge in [0.25, 0.3) is 0 Å². The van der Waals surface area contributed by atoms with Crippen molar-refractivity contribution in [2.45, 2.75) is 0 Å². The van der Waals surface area contributed by atoms with Crippen molar-refractivity contribution >= 4 is 44.8 Å². The maximum Gasteiger partial charge on any atom is 0.0641 e. The molecule has 0 amide bonds. The van der Waals surface area contributed by atoms with Crippen LogP contribution >= 0.6 is 11.6 Å². The molecule has 5 rings (SSSR count). The predicted octanol–water partition coefficient (Wildman–Crippen LogP) is 7.39. The summed E-state index contributed by atoms with van der Waals surface area (Å²) in [6.45, 7) is 0. The molecule has 0 saturated heterocycles. The Morgan fingerprint density at radius 1 is 0.704 bits per heavy atom. The number of hydrogen-bond donors (Lipinski definition) is 2. The molecule has 2 N–H and O–H groups in total. The number of benzene rings is 4. The van der Waals surface area contributed by atoms with E-state index < -0.39 is 0 Å². The number of nitrogens with one attached hydrogen (secondary N) is 2. The van der Waals surface area contributed by atoms with Gasteiger partial charge in [-0.1, -0.05) is 72.3 Å². The summed E-state index contributed by atoms with van der Waals surface area (Å²) in [7, 11) is 0. The van der Waals surface area contributed by atoms with Gasteiger partial charge in [0.2, 0.25) is 0 Å². The zero-order chi connectivity index (χ0) is 18.2. The summed E-state index contributed by atoms with van der Waals surface area (Å²) in [5.41, 5.74) is 6.49. The zero-order valence-corrected chi connectivity index (χ0v) is 15.3. The first kappa shape index (κ1) is 16.0. The van der Waals surface area contributed by atoms with Crippen molar-refractivity contribution in [2.24, 2.45) is 0 Å². The molecule has 0 aliphatic carbocycles. The fourth-order valence-electron chi connectivity index (χ4n) is 3.58. The van der Waals surface area contributed by atoms with Crippen LogP contribution in [0.1, 0.15) is 0 Å². The van der Waals surface area contributed by atoms with Gasteiger partial charge >= 0.3 is 0 Å². The Hall–Kier alpha value is -3.23. The molecule has 130 valence electrons. The molecule has 0 unspecified atom stereocenters. The molecule has 0 radical (unpaired) electrons. The Bertz CT molecular complexity index is 1260. The number of para-hydroxylation sites is 3. The molecule has 0 fully saturated rings. The third-order valence-corrected chi connectivity index (χ3v) is 5.20. The summed E-state index contributed by atoms with van der Waals surface area (Å²) >= 11 is 6.45. The third kappa shape index (κ3) is 2.84. The Balaban J connectivity index is 1.66. The maximum absolute atomic E-state index is 6.45. The highest BCUT2D eigenvalue weighted by molar-refractivity contribution is 6.33. The molecule has 0 spiro atoms. The fraction of sp³-hybridized carbons (Fsp3) is 0. The largest absolute Gasteiger partial charge is 0.354 e. The lowest BCUT2D eigenvalue weighted by atomic mass is 10.0. The molecule has 0 bridgehead atoms. The van der Waals surface area contributed by atoms with Gasteiger partial charge in [0, 0.05) is 27.5 Å². The van der Waals surface area contributed by atoms with Crippen LogP contribution in [0.5, 0.6) is 0 Å². The number of fused-ring (bicyclic) bond motifs is 3. The van der Waals surface area contributed by atoms with Crippen LogP contribution in [0.2, 0.25) is 5.02 Å². The van der Waals surface area contributed by atoms with Gasteiger partial charge in [0.05, 0.1) is 16.2 Å². The summed E-state index contributed by atoms with van der Waals surface area (Å²) in [6, 6.07) is 31.0. The molecule has 0 atom stereocenters. The minimum absolute atomic E-state index is 0.700. The number of halogens is 1. The second-order valence-electron chi connectivity index (χ2n) is 6.58. The average molecular weight is 369 g/mol. The highest BCUT2D eigenvalue weighted by atomic mass is 35.5. The Kier molecular flexibility index (Phi) is 3.84. The van der Waals surface area contributed by atoms with Gasteiger partial charge in [0.15, 0.2) is 0 Å². The molecule has 1 heterocycles. The summed E-state index contributed by atoms with van der Waals surface area (Å²) in [5, 5.41) is 6.59. The number of H-pyrrole nitrogens is 1. The molecule has 5 aromatic rings. The third-order valence-electron chi connectivity index (χ3n) is 4.87. The number of hydrogen-bond acceptors (Lipinski definition) is 1. The SMILES string of the molecule is Clc1ccc(-c2cccc3c2[nH]c2ccccc23)cc1Nc1ccccc1. The van der Waals surface area contributed by atoms with E-state index in [1.165, 1.54) is 10.8 Å². The monoisotopic (exact) mass is 368 g/mol. The summed E-state index contributed by atoms with van der Waals surface area (Å²) in [4.78, 5) is 3.58. The summed E-state index contributed by atoms with van der Waals surface area (Å²) in [6.07, 6.45) is 0. The molecule has 0 aliphatic rings. The normalized spacial score (nSPS) is 11.1. The van der Waals surface area contributed by atoms with Crippen molar-refractivity contribution in [1.82, 2.24) is 4.98 Å². The molecular formula is C24H17ClN2. The van der Waals surface area contributed by atoms with E-state index in [-0.39, 0.29) is 0 Å². The lowest BCUT2D eigenvalue weighted by molar-refractivity contribution is 1.52. The molecule has 2 nitrogen and oxygen atoms in total. The van der Waals surface area contributed by atoms with Crippen molar-refractivity contribution in [2.75, 3.05) is 5.32 Å². The Morgan fingerprint density at radius 3 is 2.37 bits per heavy atom. The molecule has 0 saturated carbocycles. The van der Waals surface area contributed by atoms with Gasteiger partial charge in [-0.3, -0.25) is 0 Å². The number of anilines is 2. The predicted molar refractivity (Wildman–Crippen MR) is 116 cm³/mol. The van der Waals surface area contributed by atoms with Crippen LogP contribution in [0.3, 0.4) is 0 Å². The second-order valence-corrected chi connectivity index (χ2v) is 6.99. The van der Waals surface area contributed by atoms with Crippen LogP contribution in [0.15, 0.2) is 91.0 Å².